The summed E-state index contributed by atoms with van der Waals surface area (Å²) in [6.07, 6.45) is -1.30. The molecule has 1 saturated heterocycles. The number of hydrogen-bond acceptors (Lipinski definition) is 11. The van der Waals surface area contributed by atoms with Gasteiger partial charge in [0.1, 0.15) is 12.3 Å². The second-order valence-electron chi connectivity index (χ2n) is 10.3. The van der Waals surface area contributed by atoms with Crippen LogP contribution < -0.4 is 10.6 Å². The maximum atomic E-state index is 12.2. The molecular formula is C31H34N6O7S. The van der Waals surface area contributed by atoms with Crippen LogP contribution in [0.15, 0.2) is 78.0 Å². The first-order chi connectivity index (χ1) is 21.8. The average Bonchev–Trinajstić information content (AvgIpc) is 3.53. The van der Waals surface area contributed by atoms with Gasteiger partial charge in [-0.05, 0) is 64.9 Å². The molecule has 0 aliphatic carbocycles. The van der Waals surface area contributed by atoms with E-state index in [2.05, 4.69) is 33.1 Å². The van der Waals surface area contributed by atoms with Crippen LogP contribution in [-0.4, -0.2) is 67.4 Å². The number of phenols is 1. The minimum absolute atomic E-state index is 0.0522. The van der Waals surface area contributed by atoms with Crippen LogP contribution in [0.1, 0.15) is 42.9 Å². The molecule has 0 radical (unpaired) electrons. The lowest BCUT2D eigenvalue weighted by Gasteiger charge is -2.41. The van der Waals surface area contributed by atoms with Gasteiger partial charge in [0.25, 0.3) is 0 Å². The van der Waals surface area contributed by atoms with E-state index in [0.29, 0.717) is 22.3 Å². The van der Waals surface area contributed by atoms with E-state index < -0.39 is 18.3 Å². The predicted molar refractivity (Wildman–Crippen MR) is 165 cm³/mol. The Hall–Kier alpha value is -4.50. The smallest absolute Gasteiger partial charge is 0.325 e. The van der Waals surface area contributed by atoms with Crippen molar-refractivity contribution in [1.82, 2.24) is 25.5 Å². The number of urea groups is 1. The molecule has 0 bridgehead atoms. The van der Waals surface area contributed by atoms with E-state index in [4.69, 9.17) is 14.2 Å². The molecule has 1 aliphatic heterocycles. The van der Waals surface area contributed by atoms with Crippen LogP contribution in [0.4, 0.5) is 10.5 Å². The van der Waals surface area contributed by atoms with Crippen molar-refractivity contribution in [3.8, 4) is 11.4 Å². The van der Waals surface area contributed by atoms with E-state index in [1.807, 2.05) is 36.4 Å². The number of carbonyl (C=O) groups is 2. The summed E-state index contributed by atoms with van der Waals surface area (Å²) in [6.45, 7) is 3.71. The van der Waals surface area contributed by atoms with Gasteiger partial charge in [0, 0.05) is 22.9 Å². The quantitative estimate of drug-likeness (QED) is 0.138. The highest BCUT2D eigenvalue weighted by atomic mass is 32.2. The molecule has 0 unspecified atom stereocenters. The minimum atomic E-state index is -0.714. The van der Waals surface area contributed by atoms with Crippen molar-refractivity contribution < 1.29 is 34.0 Å². The summed E-state index contributed by atoms with van der Waals surface area (Å²) in [7, 11) is 0. The number of aromatic hydroxyl groups is 1. The SMILES string of the molecule is CCOC(=O)CNC(=O)Nc1ccc([C@H]2O[C@@H](CSc3nnnn3-c3ccc(O)cc3)[C@@H](C)[C@@H](c3ccc(CO)cc3)O2)cc1. The highest BCUT2D eigenvalue weighted by Gasteiger charge is 2.38. The number of hydrogen-bond donors (Lipinski definition) is 4. The van der Waals surface area contributed by atoms with E-state index in [0.717, 1.165) is 16.7 Å². The van der Waals surface area contributed by atoms with Crippen molar-refractivity contribution in [2.45, 2.75) is 44.1 Å². The van der Waals surface area contributed by atoms with Crippen molar-refractivity contribution in [1.29, 1.82) is 0 Å². The van der Waals surface area contributed by atoms with E-state index in [9.17, 15) is 19.8 Å². The second-order valence-corrected chi connectivity index (χ2v) is 11.2. The fraction of sp³-hybridized carbons (Fsp3) is 0.323. The number of thioether (sulfide) groups is 1. The van der Waals surface area contributed by atoms with Crippen molar-refractivity contribution in [3.63, 3.8) is 0 Å². The standard InChI is InChI=1S/C31H34N6O7S/c1-3-42-27(40)16-32-30(41)33-23-10-8-22(9-11-23)29-43-26(19(2)28(44-29)21-6-4-20(17-38)5-7-21)18-45-31-34-35-36-37(31)24-12-14-25(39)15-13-24/h4-15,19,26,28-29,38-39H,3,16-18H2,1-2H3,(H2,32,33,41)/t19-,26+,28+,29+/m1/s1. The molecule has 3 aromatic carbocycles. The van der Waals surface area contributed by atoms with E-state index in [1.165, 1.54) is 11.8 Å². The summed E-state index contributed by atoms with van der Waals surface area (Å²) in [5.74, 6) is 0.0886. The van der Waals surface area contributed by atoms with Crippen molar-refractivity contribution >= 4 is 29.4 Å². The monoisotopic (exact) mass is 634 g/mol. The number of anilines is 1. The first-order valence-electron chi connectivity index (χ1n) is 14.4. The molecule has 45 heavy (non-hydrogen) atoms. The van der Waals surface area contributed by atoms with Crippen LogP contribution >= 0.6 is 11.8 Å². The molecule has 1 fully saturated rings. The first-order valence-corrected chi connectivity index (χ1v) is 15.3. The number of nitrogens with one attached hydrogen (secondary N) is 2. The molecule has 13 nitrogen and oxygen atoms in total. The topological polar surface area (TPSA) is 170 Å². The Kier molecular flexibility index (Phi) is 10.6. The number of aliphatic hydroxyl groups excluding tert-OH is 1. The van der Waals surface area contributed by atoms with Crippen LogP contribution in [-0.2, 0) is 25.6 Å². The molecule has 14 heteroatoms. The fourth-order valence-corrected chi connectivity index (χ4v) is 5.81. The van der Waals surface area contributed by atoms with Crippen molar-refractivity contribution in [2.75, 3.05) is 24.2 Å². The Bertz CT molecular complexity index is 1570. The third-order valence-corrected chi connectivity index (χ3v) is 8.18. The Labute approximate surface area is 263 Å². The number of rotatable bonds is 11. The molecule has 0 saturated carbocycles. The maximum Gasteiger partial charge on any atom is 0.325 e. The summed E-state index contributed by atoms with van der Waals surface area (Å²) in [5.41, 5.74) is 3.74. The zero-order valence-corrected chi connectivity index (χ0v) is 25.5. The number of carbonyl (C=O) groups excluding carboxylic acids is 2. The van der Waals surface area contributed by atoms with Crippen LogP contribution in [0, 0.1) is 5.92 Å². The lowest BCUT2D eigenvalue weighted by Crippen LogP contribution is -2.38. The van der Waals surface area contributed by atoms with Gasteiger partial charge in [0.05, 0.1) is 31.1 Å². The number of amides is 2. The van der Waals surface area contributed by atoms with Crippen LogP contribution in [0.5, 0.6) is 5.75 Å². The summed E-state index contributed by atoms with van der Waals surface area (Å²) in [6, 6.07) is 20.8. The van der Waals surface area contributed by atoms with Gasteiger partial charge < -0.3 is 35.1 Å². The fourth-order valence-electron chi connectivity index (χ4n) is 4.75. The summed E-state index contributed by atoms with van der Waals surface area (Å²) >= 11 is 1.45. The summed E-state index contributed by atoms with van der Waals surface area (Å²) in [4.78, 5) is 23.7. The molecule has 0 spiro atoms. The maximum absolute atomic E-state index is 12.2. The molecule has 4 atom stereocenters. The molecule has 5 rings (SSSR count). The number of nitrogens with zero attached hydrogens (tertiary/aromatic N) is 4. The third kappa shape index (κ3) is 8.16. The normalized spacial score (nSPS) is 19.5. The molecule has 2 amide bonds. The van der Waals surface area contributed by atoms with E-state index in [-0.39, 0.29) is 43.6 Å². The molecular weight excluding hydrogens is 600 g/mol. The zero-order chi connectivity index (χ0) is 31.8. The highest BCUT2D eigenvalue weighted by molar-refractivity contribution is 7.99. The first kappa shape index (κ1) is 31.9. The van der Waals surface area contributed by atoms with E-state index >= 15 is 0 Å². The lowest BCUT2D eigenvalue weighted by molar-refractivity contribution is -0.268. The van der Waals surface area contributed by atoms with Gasteiger partial charge in [0.2, 0.25) is 5.16 Å². The number of tetrazole rings is 1. The van der Waals surface area contributed by atoms with Gasteiger partial charge in [-0.3, -0.25) is 4.79 Å². The predicted octanol–water partition coefficient (Wildman–Crippen LogP) is 4.13. The number of aromatic nitrogens is 4. The van der Waals surface area contributed by atoms with Gasteiger partial charge in [-0.25, -0.2) is 4.79 Å². The second kappa shape index (κ2) is 15.0. The lowest BCUT2D eigenvalue weighted by atomic mass is 9.91. The minimum Gasteiger partial charge on any atom is -0.508 e. The average molecular weight is 635 g/mol. The van der Waals surface area contributed by atoms with Crippen LogP contribution in [0.3, 0.4) is 0 Å². The van der Waals surface area contributed by atoms with Gasteiger partial charge in [0.15, 0.2) is 6.29 Å². The Morgan fingerprint density at radius 3 is 2.40 bits per heavy atom. The summed E-state index contributed by atoms with van der Waals surface area (Å²) < 4.78 is 19.4. The molecule has 2 heterocycles. The number of phenolic OH excluding ortho intramolecular Hbond substituents is 1. The highest BCUT2D eigenvalue weighted by Crippen LogP contribution is 2.43. The summed E-state index contributed by atoms with van der Waals surface area (Å²) in [5, 5.41) is 37.0. The molecule has 236 valence electrons. The number of esters is 1. The number of ether oxygens (including phenoxy) is 3. The van der Waals surface area contributed by atoms with E-state index in [1.54, 1.807) is 48.0 Å². The molecule has 4 aromatic rings. The number of aliphatic hydroxyl groups is 1. The molecule has 1 aromatic heterocycles. The van der Waals surface area contributed by atoms with Gasteiger partial charge in [-0.2, -0.15) is 4.68 Å². The van der Waals surface area contributed by atoms with Crippen LogP contribution in [0.25, 0.3) is 5.69 Å². The van der Waals surface area contributed by atoms with Gasteiger partial charge >= 0.3 is 12.0 Å². The molecule has 1 aliphatic rings. The van der Waals surface area contributed by atoms with Gasteiger partial charge in [-0.1, -0.05) is 55.1 Å². The van der Waals surface area contributed by atoms with Crippen molar-refractivity contribution in [3.05, 3.63) is 89.5 Å². The Morgan fingerprint density at radius 1 is 1.00 bits per heavy atom. The van der Waals surface area contributed by atoms with Crippen LogP contribution in [0.2, 0.25) is 0 Å². The Balaban J connectivity index is 1.31. The molecule has 4 N–H and O–H groups in total. The zero-order valence-electron chi connectivity index (χ0n) is 24.7. The van der Waals surface area contributed by atoms with Gasteiger partial charge in [-0.15, -0.1) is 5.10 Å². The largest absolute Gasteiger partial charge is 0.508 e. The third-order valence-electron chi connectivity index (χ3n) is 7.17. The number of benzene rings is 3. The van der Waals surface area contributed by atoms with Crippen molar-refractivity contribution in [2.24, 2.45) is 5.92 Å². The Morgan fingerprint density at radius 2 is 1.71 bits per heavy atom.